The molecule has 0 aliphatic heterocycles. The van der Waals surface area contributed by atoms with Crippen molar-refractivity contribution < 1.29 is 32.3 Å². The molecular formula is C23H28F3NO4S. The molecule has 9 heteroatoms. The summed E-state index contributed by atoms with van der Waals surface area (Å²) in [6, 6.07) is 1.39. The third-order valence-electron chi connectivity index (χ3n) is 5.18. The van der Waals surface area contributed by atoms with E-state index in [4.69, 9.17) is 4.74 Å². The number of halogens is 3. The number of nitrogens with zero attached hydrogens (tertiary/aromatic N) is 1. The van der Waals surface area contributed by atoms with E-state index in [0.29, 0.717) is 23.6 Å². The average Bonchev–Trinajstić information content (AvgIpc) is 3.12. The number of ketones is 1. The Morgan fingerprint density at radius 3 is 2.25 bits per heavy atom. The van der Waals surface area contributed by atoms with Crippen molar-refractivity contribution in [3.63, 3.8) is 0 Å². The van der Waals surface area contributed by atoms with Gasteiger partial charge in [0.25, 0.3) is 5.78 Å². The van der Waals surface area contributed by atoms with Gasteiger partial charge < -0.3 is 9.64 Å². The molecule has 0 spiro atoms. The van der Waals surface area contributed by atoms with Crippen LogP contribution in [0.2, 0.25) is 0 Å². The van der Waals surface area contributed by atoms with Gasteiger partial charge in [-0.05, 0) is 58.4 Å². The second-order valence-corrected chi connectivity index (χ2v) is 10.2. The zero-order valence-corrected chi connectivity index (χ0v) is 19.7. The van der Waals surface area contributed by atoms with E-state index < -0.39 is 36.3 Å². The summed E-state index contributed by atoms with van der Waals surface area (Å²) in [5, 5.41) is 0. The standard InChI is InChI=1S/C23H28F3NO4S/c1-14-6-8-15(9-7-14)20(29)27(13-18(28)23(24,25)26)17-12-16(10-11-22(2,3)4)32-19(17)21(30)31-5/h12,14-15H,6-9,13H2,1-5H3. The van der Waals surface area contributed by atoms with Crippen LogP contribution < -0.4 is 4.90 Å². The average molecular weight is 472 g/mol. The highest BCUT2D eigenvalue weighted by Gasteiger charge is 2.42. The van der Waals surface area contributed by atoms with Gasteiger partial charge >= 0.3 is 12.1 Å². The molecule has 1 amide bonds. The van der Waals surface area contributed by atoms with Crippen molar-refractivity contribution in [1.82, 2.24) is 0 Å². The lowest BCUT2D eigenvalue weighted by Gasteiger charge is -2.31. The maximum absolute atomic E-state index is 13.3. The van der Waals surface area contributed by atoms with Crippen molar-refractivity contribution in [1.29, 1.82) is 0 Å². The molecule has 1 aliphatic carbocycles. The highest BCUT2D eigenvalue weighted by atomic mass is 32.1. The summed E-state index contributed by atoms with van der Waals surface area (Å²) in [7, 11) is 1.14. The third kappa shape index (κ3) is 6.83. The van der Waals surface area contributed by atoms with Crippen molar-refractivity contribution >= 4 is 34.7 Å². The van der Waals surface area contributed by atoms with Crippen LogP contribution in [0.5, 0.6) is 0 Å². The molecule has 0 N–H and O–H groups in total. The number of carbonyl (C=O) groups excluding carboxylic acids is 3. The van der Waals surface area contributed by atoms with Crippen LogP contribution in [0.4, 0.5) is 18.9 Å². The fraction of sp³-hybridized carbons (Fsp3) is 0.609. The van der Waals surface area contributed by atoms with E-state index >= 15 is 0 Å². The van der Waals surface area contributed by atoms with Gasteiger partial charge in [-0.1, -0.05) is 18.8 Å². The number of methoxy groups -OCH3 is 1. The van der Waals surface area contributed by atoms with Gasteiger partial charge in [-0.2, -0.15) is 13.2 Å². The van der Waals surface area contributed by atoms with Crippen LogP contribution in [0.25, 0.3) is 0 Å². The Labute approximate surface area is 190 Å². The minimum atomic E-state index is -5.10. The molecule has 1 saturated carbocycles. The van der Waals surface area contributed by atoms with E-state index in [2.05, 4.69) is 18.8 Å². The number of esters is 1. The lowest BCUT2D eigenvalue weighted by atomic mass is 9.82. The maximum atomic E-state index is 13.3. The number of anilines is 1. The fourth-order valence-electron chi connectivity index (χ4n) is 3.37. The predicted molar refractivity (Wildman–Crippen MR) is 117 cm³/mol. The molecule has 32 heavy (non-hydrogen) atoms. The number of amides is 1. The van der Waals surface area contributed by atoms with E-state index in [9.17, 15) is 27.6 Å². The highest BCUT2D eigenvalue weighted by Crippen LogP contribution is 2.36. The Bertz CT molecular complexity index is 926. The first-order valence-electron chi connectivity index (χ1n) is 10.4. The molecule has 2 rings (SSSR count). The van der Waals surface area contributed by atoms with Crippen LogP contribution in [-0.2, 0) is 14.3 Å². The smallest absolute Gasteiger partial charge is 0.451 e. The number of carbonyl (C=O) groups is 3. The molecule has 0 saturated heterocycles. The summed E-state index contributed by atoms with van der Waals surface area (Å²) in [4.78, 5) is 38.6. The third-order valence-corrected chi connectivity index (χ3v) is 6.20. The summed E-state index contributed by atoms with van der Waals surface area (Å²) >= 11 is 0.926. The number of alkyl halides is 3. The lowest BCUT2D eigenvalue weighted by Crippen LogP contribution is -2.44. The monoisotopic (exact) mass is 471 g/mol. The molecule has 1 heterocycles. The van der Waals surface area contributed by atoms with Gasteiger partial charge in [0.05, 0.1) is 24.2 Å². The van der Waals surface area contributed by atoms with E-state index in [1.54, 1.807) is 0 Å². The van der Waals surface area contributed by atoms with Crippen molar-refractivity contribution in [2.24, 2.45) is 17.3 Å². The number of Topliss-reactive ketones (excluding diaryl/α,β-unsaturated/α-hetero) is 1. The van der Waals surface area contributed by atoms with Gasteiger partial charge in [-0.25, -0.2) is 4.79 Å². The van der Waals surface area contributed by atoms with Gasteiger partial charge in [0, 0.05) is 11.3 Å². The molecule has 5 nitrogen and oxygen atoms in total. The first kappa shape index (κ1) is 25.9. The molecule has 1 aromatic rings. The van der Waals surface area contributed by atoms with E-state index in [-0.39, 0.29) is 16.0 Å². The van der Waals surface area contributed by atoms with Gasteiger partial charge in [-0.15, -0.1) is 11.3 Å². The summed E-state index contributed by atoms with van der Waals surface area (Å²) in [6.07, 6.45) is -2.52. The Morgan fingerprint density at radius 1 is 1.16 bits per heavy atom. The molecular weight excluding hydrogens is 443 g/mol. The minimum Gasteiger partial charge on any atom is -0.465 e. The maximum Gasteiger partial charge on any atom is 0.451 e. The largest absolute Gasteiger partial charge is 0.465 e. The van der Waals surface area contributed by atoms with Crippen LogP contribution >= 0.6 is 11.3 Å². The number of thiophene rings is 1. The number of ether oxygens (including phenoxy) is 1. The Balaban J connectivity index is 2.53. The van der Waals surface area contributed by atoms with Crippen molar-refractivity contribution in [3.8, 4) is 11.8 Å². The molecule has 176 valence electrons. The van der Waals surface area contributed by atoms with Crippen molar-refractivity contribution in [3.05, 3.63) is 15.8 Å². The first-order chi connectivity index (χ1) is 14.7. The Morgan fingerprint density at radius 2 is 1.75 bits per heavy atom. The normalized spacial score (nSPS) is 19.0. The van der Waals surface area contributed by atoms with Crippen molar-refractivity contribution in [2.75, 3.05) is 18.6 Å². The van der Waals surface area contributed by atoms with E-state index in [1.165, 1.54) is 6.07 Å². The predicted octanol–water partition coefficient (Wildman–Crippen LogP) is 5.22. The molecule has 0 atom stereocenters. The van der Waals surface area contributed by atoms with Crippen LogP contribution in [0.1, 0.15) is 67.9 Å². The molecule has 0 radical (unpaired) electrons. The molecule has 0 bridgehead atoms. The van der Waals surface area contributed by atoms with E-state index in [1.807, 2.05) is 20.8 Å². The van der Waals surface area contributed by atoms with E-state index in [0.717, 1.165) is 36.2 Å². The molecule has 0 unspecified atom stereocenters. The Hall–Kier alpha value is -2.34. The molecule has 1 aliphatic rings. The quantitative estimate of drug-likeness (QED) is 0.436. The first-order valence-corrected chi connectivity index (χ1v) is 11.2. The lowest BCUT2D eigenvalue weighted by molar-refractivity contribution is -0.169. The van der Waals surface area contributed by atoms with Gasteiger partial charge in [0.15, 0.2) is 0 Å². The van der Waals surface area contributed by atoms with Gasteiger partial charge in [-0.3, -0.25) is 9.59 Å². The van der Waals surface area contributed by atoms with Crippen LogP contribution in [0, 0.1) is 29.1 Å². The summed E-state index contributed by atoms with van der Waals surface area (Å²) < 4.78 is 44.0. The second-order valence-electron chi connectivity index (χ2n) is 9.12. The summed E-state index contributed by atoms with van der Waals surface area (Å²) in [5.41, 5.74) is -0.419. The van der Waals surface area contributed by atoms with Gasteiger partial charge in [0.2, 0.25) is 5.91 Å². The summed E-state index contributed by atoms with van der Waals surface area (Å²) in [5.74, 6) is 2.36. The Kier molecular flexibility index (Phi) is 8.16. The number of hydrogen-bond acceptors (Lipinski definition) is 5. The minimum absolute atomic E-state index is 0.0572. The fourth-order valence-corrected chi connectivity index (χ4v) is 4.31. The summed E-state index contributed by atoms with van der Waals surface area (Å²) in [6.45, 7) is 6.52. The zero-order chi connectivity index (χ0) is 24.3. The van der Waals surface area contributed by atoms with Crippen LogP contribution in [0.3, 0.4) is 0 Å². The van der Waals surface area contributed by atoms with Crippen molar-refractivity contribution in [2.45, 2.75) is 59.6 Å². The van der Waals surface area contributed by atoms with Gasteiger partial charge in [0.1, 0.15) is 4.88 Å². The number of rotatable bonds is 5. The molecule has 1 aromatic heterocycles. The van der Waals surface area contributed by atoms with Crippen LogP contribution in [-0.4, -0.2) is 37.5 Å². The second kappa shape index (κ2) is 10.1. The SMILES string of the molecule is COC(=O)c1sc(C#CC(C)(C)C)cc1N(CC(=O)C(F)(F)F)C(=O)C1CCC(C)CC1. The molecule has 1 fully saturated rings. The highest BCUT2D eigenvalue weighted by molar-refractivity contribution is 7.15. The number of hydrogen-bond donors (Lipinski definition) is 0. The zero-order valence-electron chi connectivity index (χ0n) is 18.9. The molecule has 0 aromatic carbocycles. The topological polar surface area (TPSA) is 63.7 Å². The van der Waals surface area contributed by atoms with Crippen LogP contribution in [0.15, 0.2) is 6.07 Å².